The van der Waals surface area contributed by atoms with Crippen LogP contribution < -0.4 is 10.6 Å². The van der Waals surface area contributed by atoms with Crippen LogP contribution in [0.15, 0.2) is 17.4 Å². The molecule has 0 saturated carbocycles. The Kier molecular flexibility index (Phi) is 8.97. The van der Waals surface area contributed by atoms with Crippen molar-refractivity contribution >= 4 is 35.8 Å². The van der Waals surface area contributed by atoms with Gasteiger partial charge < -0.3 is 15.5 Å². The smallest absolute Gasteiger partial charge is 0.244 e. The molecule has 2 rings (SSSR count). The van der Waals surface area contributed by atoms with E-state index in [9.17, 15) is 4.79 Å². The molecule has 0 atom stereocenters. The van der Waals surface area contributed by atoms with E-state index in [1.54, 1.807) is 4.68 Å². The van der Waals surface area contributed by atoms with Crippen LogP contribution in [0.2, 0.25) is 0 Å². The first kappa shape index (κ1) is 19.7. The van der Waals surface area contributed by atoms with Gasteiger partial charge in [-0.15, -0.1) is 24.0 Å². The molecule has 1 fully saturated rings. The molecule has 8 heteroatoms. The van der Waals surface area contributed by atoms with Gasteiger partial charge in [0.1, 0.15) is 6.54 Å². The van der Waals surface area contributed by atoms with Crippen LogP contribution in [0.4, 0.5) is 0 Å². The summed E-state index contributed by atoms with van der Waals surface area (Å²) in [6.45, 7) is 5.51. The molecule has 0 spiro atoms. The molecule has 1 saturated heterocycles. The van der Waals surface area contributed by atoms with Crippen LogP contribution in [-0.4, -0.2) is 59.3 Å². The molecule has 1 amide bonds. The fourth-order valence-electron chi connectivity index (χ4n) is 2.48. The number of aliphatic imine (C=N–C) groups is 1. The summed E-state index contributed by atoms with van der Waals surface area (Å²) in [6.07, 6.45) is 6.96. The Bertz CT molecular complexity index is 510. The number of guanidine groups is 1. The molecule has 1 aliphatic rings. The highest BCUT2D eigenvalue weighted by Crippen LogP contribution is 2.07. The number of halogens is 1. The number of rotatable bonds is 6. The number of hydrogen-bond acceptors (Lipinski definition) is 3. The molecular formula is C15H27IN6O. The molecule has 1 aromatic heterocycles. The highest BCUT2D eigenvalue weighted by molar-refractivity contribution is 14.0. The molecule has 130 valence electrons. The van der Waals surface area contributed by atoms with Crippen LogP contribution in [0.1, 0.15) is 25.3 Å². The summed E-state index contributed by atoms with van der Waals surface area (Å²) in [5.74, 6) is 0.806. The maximum atomic E-state index is 12.0. The monoisotopic (exact) mass is 434 g/mol. The molecule has 1 aliphatic heterocycles. The Morgan fingerprint density at radius 3 is 2.70 bits per heavy atom. The average Bonchev–Trinajstić information content (AvgIpc) is 3.16. The molecule has 0 aliphatic carbocycles. The second-order valence-corrected chi connectivity index (χ2v) is 5.48. The summed E-state index contributed by atoms with van der Waals surface area (Å²) in [5, 5.41) is 10.6. The van der Waals surface area contributed by atoms with Gasteiger partial charge in [0.2, 0.25) is 5.91 Å². The Labute approximate surface area is 154 Å². The minimum atomic E-state index is 0. The van der Waals surface area contributed by atoms with E-state index >= 15 is 0 Å². The summed E-state index contributed by atoms with van der Waals surface area (Å²) in [4.78, 5) is 18.3. The van der Waals surface area contributed by atoms with Gasteiger partial charge in [0.15, 0.2) is 5.96 Å². The van der Waals surface area contributed by atoms with Crippen LogP contribution in [0.5, 0.6) is 0 Å². The number of hydrogen-bond donors (Lipinski definition) is 2. The molecule has 2 N–H and O–H groups in total. The van der Waals surface area contributed by atoms with Crippen LogP contribution in [0.25, 0.3) is 0 Å². The molecule has 23 heavy (non-hydrogen) atoms. The van der Waals surface area contributed by atoms with E-state index in [1.165, 1.54) is 5.56 Å². The molecule has 0 aromatic carbocycles. The maximum Gasteiger partial charge on any atom is 0.244 e. The summed E-state index contributed by atoms with van der Waals surface area (Å²) in [5.41, 5.74) is 1.18. The predicted molar refractivity (Wildman–Crippen MR) is 102 cm³/mol. The molecular weight excluding hydrogens is 407 g/mol. The fraction of sp³-hybridized carbons (Fsp3) is 0.667. The number of aryl methyl sites for hydroxylation is 1. The van der Waals surface area contributed by atoms with E-state index in [1.807, 2.05) is 31.3 Å². The predicted octanol–water partition coefficient (Wildman–Crippen LogP) is 0.758. The lowest BCUT2D eigenvalue weighted by molar-refractivity contribution is -0.128. The number of nitrogens with zero attached hydrogens (tertiary/aromatic N) is 4. The van der Waals surface area contributed by atoms with E-state index in [2.05, 4.69) is 20.7 Å². The lowest BCUT2D eigenvalue weighted by Gasteiger charge is -2.15. The maximum absolute atomic E-state index is 12.0. The zero-order valence-electron chi connectivity index (χ0n) is 13.9. The average molecular weight is 434 g/mol. The third-order valence-electron chi connectivity index (χ3n) is 3.64. The fourth-order valence-corrected chi connectivity index (χ4v) is 2.48. The third-order valence-corrected chi connectivity index (χ3v) is 3.64. The first-order valence-corrected chi connectivity index (χ1v) is 7.96. The summed E-state index contributed by atoms with van der Waals surface area (Å²) < 4.78 is 1.79. The van der Waals surface area contributed by atoms with E-state index in [-0.39, 0.29) is 36.4 Å². The molecule has 0 unspecified atom stereocenters. The molecule has 2 heterocycles. The quantitative estimate of drug-likeness (QED) is 0.394. The first-order valence-electron chi connectivity index (χ1n) is 7.96. The van der Waals surface area contributed by atoms with Gasteiger partial charge in [-0.2, -0.15) is 5.10 Å². The van der Waals surface area contributed by atoms with Crippen molar-refractivity contribution in [2.45, 2.75) is 26.2 Å². The van der Waals surface area contributed by atoms with Crippen LogP contribution in [0, 0.1) is 0 Å². The van der Waals surface area contributed by atoms with Gasteiger partial charge in [-0.05, 0) is 31.7 Å². The number of amides is 1. The normalized spacial score (nSPS) is 14.5. The van der Waals surface area contributed by atoms with Crippen molar-refractivity contribution in [1.82, 2.24) is 25.3 Å². The molecule has 0 radical (unpaired) electrons. The van der Waals surface area contributed by atoms with Crippen LogP contribution in [-0.2, 0) is 18.3 Å². The van der Waals surface area contributed by atoms with Gasteiger partial charge >= 0.3 is 0 Å². The first-order chi connectivity index (χ1) is 10.7. The number of nitrogens with one attached hydrogen (secondary N) is 2. The zero-order valence-corrected chi connectivity index (χ0v) is 16.2. The zero-order chi connectivity index (χ0) is 15.8. The van der Waals surface area contributed by atoms with E-state index < -0.39 is 0 Å². The highest BCUT2D eigenvalue weighted by atomic mass is 127. The van der Waals surface area contributed by atoms with Gasteiger partial charge in [0.05, 0.1) is 6.20 Å². The van der Waals surface area contributed by atoms with Crippen molar-refractivity contribution in [3.05, 3.63) is 18.0 Å². The lowest BCUT2D eigenvalue weighted by atomic mass is 10.2. The Morgan fingerprint density at radius 2 is 2.09 bits per heavy atom. The van der Waals surface area contributed by atoms with Gasteiger partial charge in [0, 0.05) is 39.4 Å². The SMILES string of the molecule is CCNC(=NCC(=O)N1CCCC1)NCCc1cnn(C)c1.I. The summed E-state index contributed by atoms with van der Waals surface area (Å²) in [7, 11) is 1.91. The molecule has 0 bridgehead atoms. The second kappa shape index (κ2) is 10.5. The second-order valence-electron chi connectivity index (χ2n) is 5.48. The molecule has 1 aromatic rings. The number of carbonyl (C=O) groups is 1. The van der Waals surface area contributed by atoms with E-state index in [0.717, 1.165) is 45.4 Å². The topological polar surface area (TPSA) is 74.6 Å². The highest BCUT2D eigenvalue weighted by Gasteiger charge is 2.17. The molecule has 7 nitrogen and oxygen atoms in total. The van der Waals surface area contributed by atoms with Gasteiger partial charge in [-0.3, -0.25) is 9.48 Å². The van der Waals surface area contributed by atoms with Crippen molar-refractivity contribution < 1.29 is 4.79 Å². The summed E-state index contributed by atoms with van der Waals surface area (Å²) in [6, 6.07) is 0. The van der Waals surface area contributed by atoms with Gasteiger partial charge in [0.25, 0.3) is 0 Å². The number of likely N-dealkylation sites (tertiary alicyclic amines) is 1. The van der Waals surface area contributed by atoms with Crippen LogP contribution in [0.3, 0.4) is 0 Å². The summed E-state index contributed by atoms with van der Waals surface area (Å²) >= 11 is 0. The minimum Gasteiger partial charge on any atom is -0.357 e. The Morgan fingerprint density at radius 1 is 1.35 bits per heavy atom. The van der Waals surface area contributed by atoms with Crippen molar-refractivity contribution in [3.63, 3.8) is 0 Å². The van der Waals surface area contributed by atoms with Crippen LogP contribution >= 0.6 is 24.0 Å². The lowest BCUT2D eigenvalue weighted by Crippen LogP contribution is -2.39. The standard InChI is InChI=1S/C15H26N6O.HI/c1-3-16-15(17-7-6-13-10-19-20(2)12-13)18-11-14(22)21-8-4-5-9-21;/h10,12H,3-9,11H2,1-2H3,(H2,16,17,18);1H. The number of carbonyl (C=O) groups excluding carboxylic acids is 1. The third kappa shape index (κ3) is 6.76. The van der Waals surface area contributed by atoms with Crippen molar-refractivity contribution in [1.29, 1.82) is 0 Å². The minimum absolute atomic E-state index is 0. The van der Waals surface area contributed by atoms with Crippen molar-refractivity contribution in [2.24, 2.45) is 12.0 Å². The van der Waals surface area contributed by atoms with Crippen molar-refractivity contribution in [3.8, 4) is 0 Å². The van der Waals surface area contributed by atoms with E-state index in [4.69, 9.17) is 0 Å². The number of aromatic nitrogens is 2. The van der Waals surface area contributed by atoms with Gasteiger partial charge in [-0.1, -0.05) is 0 Å². The van der Waals surface area contributed by atoms with Crippen molar-refractivity contribution in [2.75, 3.05) is 32.7 Å². The van der Waals surface area contributed by atoms with E-state index in [0.29, 0.717) is 5.96 Å². The Balaban J connectivity index is 0.00000264. The van der Waals surface area contributed by atoms with Gasteiger partial charge in [-0.25, -0.2) is 4.99 Å². The largest absolute Gasteiger partial charge is 0.357 e. The Hall–Kier alpha value is -1.32.